The fraction of sp³-hybridized carbons (Fsp3) is 0.174. The predicted molar refractivity (Wildman–Crippen MR) is 126 cm³/mol. The van der Waals surface area contributed by atoms with E-state index >= 15 is 0 Å². The van der Waals surface area contributed by atoms with Crippen molar-refractivity contribution < 1.29 is 9.59 Å². The zero-order chi connectivity index (χ0) is 22.7. The van der Waals surface area contributed by atoms with Gasteiger partial charge in [0.1, 0.15) is 0 Å². The van der Waals surface area contributed by atoms with Crippen LogP contribution in [0.5, 0.6) is 0 Å². The lowest BCUT2D eigenvalue weighted by Gasteiger charge is -2.11. The zero-order valence-electron chi connectivity index (χ0n) is 17.7. The van der Waals surface area contributed by atoms with Gasteiger partial charge in [0.2, 0.25) is 11.8 Å². The Hall–Kier alpha value is -3.45. The van der Waals surface area contributed by atoms with Gasteiger partial charge >= 0.3 is 0 Å². The summed E-state index contributed by atoms with van der Waals surface area (Å²) in [5, 5.41) is 15.1. The highest BCUT2D eigenvalue weighted by Crippen LogP contribution is 2.20. The minimum absolute atomic E-state index is 0.146. The van der Waals surface area contributed by atoms with Crippen LogP contribution >= 0.6 is 11.3 Å². The maximum Gasteiger partial charge on any atom is 0.248 e. The SMILES string of the molecule is CC.CC(=O)Nc1cccc(C(=N)c2cc(C(N)=O)ccc2N)c1.Cc1ccsc1. The molecule has 6 nitrogen and oxygen atoms in total. The van der Waals surface area contributed by atoms with Crippen molar-refractivity contribution in [3.63, 3.8) is 0 Å². The van der Waals surface area contributed by atoms with Crippen LogP contribution in [0.2, 0.25) is 0 Å². The van der Waals surface area contributed by atoms with Gasteiger partial charge < -0.3 is 16.8 Å². The molecule has 3 rings (SSSR count). The van der Waals surface area contributed by atoms with E-state index in [1.54, 1.807) is 41.7 Å². The Morgan fingerprint density at radius 1 is 1.03 bits per heavy atom. The molecular weight excluding hydrogens is 396 g/mol. The number of rotatable bonds is 4. The first kappa shape index (κ1) is 24.6. The average Bonchev–Trinajstić information content (AvgIpc) is 3.20. The molecule has 1 heterocycles. The number of amides is 2. The van der Waals surface area contributed by atoms with Crippen molar-refractivity contribution in [1.29, 1.82) is 5.41 Å². The summed E-state index contributed by atoms with van der Waals surface area (Å²) in [5.41, 5.74) is 14.9. The third-order valence-corrected chi connectivity index (χ3v) is 4.54. The van der Waals surface area contributed by atoms with Gasteiger partial charge in [-0.25, -0.2) is 0 Å². The maximum absolute atomic E-state index is 11.3. The fourth-order valence-electron chi connectivity index (χ4n) is 2.37. The molecule has 0 atom stereocenters. The third kappa shape index (κ3) is 7.52. The molecule has 0 aliphatic carbocycles. The van der Waals surface area contributed by atoms with E-state index in [2.05, 4.69) is 29.1 Å². The molecule has 158 valence electrons. The molecule has 0 saturated heterocycles. The Labute approximate surface area is 181 Å². The highest BCUT2D eigenvalue weighted by molar-refractivity contribution is 7.07. The van der Waals surface area contributed by atoms with Crippen molar-refractivity contribution in [3.05, 3.63) is 81.5 Å². The van der Waals surface area contributed by atoms with Crippen LogP contribution in [-0.4, -0.2) is 17.5 Å². The fourth-order valence-corrected chi connectivity index (χ4v) is 3.03. The number of nitrogen functional groups attached to an aromatic ring is 1. The van der Waals surface area contributed by atoms with Crippen molar-refractivity contribution in [3.8, 4) is 0 Å². The number of carbonyl (C=O) groups excluding carboxylic acids is 2. The van der Waals surface area contributed by atoms with E-state index in [0.717, 1.165) is 0 Å². The van der Waals surface area contributed by atoms with Crippen LogP contribution in [0.4, 0.5) is 11.4 Å². The Balaban J connectivity index is 0.000000474. The van der Waals surface area contributed by atoms with Crippen molar-refractivity contribution in [2.45, 2.75) is 27.7 Å². The number of nitrogens with one attached hydrogen (secondary N) is 2. The topological polar surface area (TPSA) is 122 Å². The van der Waals surface area contributed by atoms with E-state index in [4.69, 9.17) is 16.9 Å². The Bertz CT molecular complexity index is 998. The zero-order valence-corrected chi connectivity index (χ0v) is 18.5. The summed E-state index contributed by atoms with van der Waals surface area (Å²) in [7, 11) is 0. The highest BCUT2D eigenvalue weighted by atomic mass is 32.1. The smallest absolute Gasteiger partial charge is 0.248 e. The minimum Gasteiger partial charge on any atom is -0.398 e. The molecule has 0 bridgehead atoms. The summed E-state index contributed by atoms with van der Waals surface area (Å²) >= 11 is 1.74. The molecule has 0 saturated carbocycles. The van der Waals surface area contributed by atoms with E-state index < -0.39 is 5.91 Å². The Morgan fingerprint density at radius 3 is 2.23 bits per heavy atom. The number of nitrogens with two attached hydrogens (primary N) is 2. The van der Waals surface area contributed by atoms with Crippen molar-refractivity contribution in [2.24, 2.45) is 5.73 Å². The van der Waals surface area contributed by atoms with Gasteiger partial charge in [-0.3, -0.25) is 15.0 Å². The van der Waals surface area contributed by atoms with Crippen LogP contribution in [0.1, 0.15) is 47.8 Å². The van der Waals surface area contributed by atoms with E-state index in [1.165, 1.54) is 24.6 Å². The lowest BCUT2D eigenvalue weighted by Crippen LogP contribution is -2.14. The second kappa shape index (κ2) is 12.2. The summed E-state index contributed by atoms with van der Waals surface area (Å²) in [6.45, 7) is 7.50. The van der Waals surface area contributed by atoms with Crippen molar-refractivity contribution >= 4 is 40.2 Å². The number of thiophene rings is 1. The minimum atomic E-state index is -0.582. The maximum atomic E-state index is 11.3. The Morgan fingerprint density at radius 2 is 1.73 bits per heavy atom. The summed E-state index contributed by atoms with van der Waals surface area (Å²) in [5.74, 6) is -0.778. The van der Waals surface area contributed by atoms with E-state index in [0.29, 0.717) is 22.5 Å². The van der Waals surface area contributed by atoms with Crippen LogP contribution < -0.4 is 16.8 Å². The monoisotopic (exact) mass is 424 g/mol. The number of hydrogen-bond acceptors (Lipinski definition) is 5. The molecular formula is C23H28N4O2S. The van der Waals surface area contributed by atoms with E-state index in [9.17, 15) is 9.59 Å². The number of hydrogen-bond donors (Lipinski definition) is 4. The van der Waals surface area contributed by atoms with Gasteiger partial charge in [-0.1, -0.05) is 26.0 Å². The quantitative estimate of drug-likeness (QED) is 0.354. The van der Waals surface area contributed by atoms with Crippen LogP contribution in [0.15, 0.2) is 59.3 Å². The number of anilines is 2. The molecule has 0 aliphatic rings. The van der Waals surface area contributed by atoms with Gasteiger partial charge in [0.05, 0.1) is 5.71 Å². The van der Waals surface area contributed by atoms with E-state index in [-0.39, 0.29) is 17.2 Å². The molecule has 7 heteroatoms. The molecule has 0 unspecified atom stereocenters. The first-order valence-electron chi connectivity index (χ1n) is 9.43. The van der Waals surface area contributed by atoms with Gasteiger partial charge in [0.25, 0.3) is 0 Å². The number of benzene rings is 2. The lowest BCUT2D eigenvalue weighted by atomic mass is 9.98. The molecule has 0 radical (unpaired) electrons. The standard InChI is InChI=1S/C16H16N4O2.C5H6S.C2H6/c1-9(21)20-12-4-2-3-10(7-12)15(18)13-8-11(16(19)22)5-6-14(13)17;1-5-2-3-6-4-5;1-2/h2-8,18H,17H2,1H3,(H2,19,22)(H,20,21);2-4H,1H3;1-2H3. The summed E-state index contributed by atoms with van der Waals surface area (Å²) < 4.78 is 0. The van der Waals surface area contributed by atoms with Crippen molar-refractivity contribution in [2.75, 3.05) is 11.1 Å². The van der Waals surface area contributed by atoms with E-state index in [1.807, 2.05) is 13.8 Å². The van der Waals surface area contributed by atoms with Crippen molar-refractivity contribution in [1.82, 2.24) is 0 Å². The lowest BCUT2D eigenvalue weighted by molar-refractivity contribution is -0.114. The normalized spacial score (nSPS) is 9.33. The van der Waals surface area contributed by atoms with Gasteiger partial charge in [-0.15, -0.1) is 0 Å². The highest BCUT2D eigenvalue weighted by Gasteiger charge is 2.12. The van der Waals surface area contributed by atoms with Crippen LogP contribution in [-0.2, 0) is 4.79 Å². The number of carbonyl (C=O) groups is 2. The van der Waals surface area contributed by atoms with Gasteiger partial charge in [-0.2, -0.15) is 11.3 Å². The number of primary amides is 1. The molecule has 6 N–H and O–H groups in total. The molecule has 30 heavy (non-hydrogen) atoms. The van der Waals surface area contributed by atoms with Gasteiger partial charge in [0.15, 0.2) is 0 Å². The first-order chi connectivity index (χ1) is 14.3. The molecule has 1 aromatic heterocycles. The molecule has 0 fully saturated rings. The van der Waals surface area contributed by atoms with Gasteiger partial charge in [-0.05, 0) is 59.6 Å². The number of aryl methyl sites for hydroxylation is 1. The molecule has 2 amide bonds. The third-order valence-electron chi connectivity index (χ3n) is 3.74. The largest absolute Gasteiger partial charge is 0.398 e. The second-order valence-corrected chi connectivity index (χ2v) is 6.88. The second-order valence-electron chi connectivity index (χ2n) is 6.10. The van der Waals surface area contributed by atoms with Gasteiger partial charge in [0, 0.05) is 35.0 Å². The summed E-state index contributed by atoms with van der Waals surface area (Å²) in [6.07, 6.45) is 0. The summed E-state index contributed by atoms with van der Waals surface area (Å²) in [6, 6.07) is 13.5. The Kier molecular flexibility index (Phi) is 9.99. The van der Waals surface area contributed by atoms with Crippen LogP contribution in [0, 0.1) is 12.3 Å². The first-order valence-corrected chi connectivity index (χ1v) is 10.4. The molecule has 2 aromatic carbocycles. The van der Waals surface area contributed by atoms with Crippen LogP contribution in [0.3, 0.4) is 0 Å². The predicted octanol–water partition coefficient (Wildman–Crippen LogP) is 4.82. The van der Waals surface area contributed by atoms with Crippen LogP contribution in [0.25, 0.3) is 0 Å². The molecule has 0 aliphatic heterocycles. The average molecular weight is 425 g/mol. The summed E-state index contributed by atoms with van der Waals surface area (Å²) in [4.78, 5) is 22.4. The molecule has 3 aromatic rings. The molecule has 0 spiro atoms.